The Hall–Kier alpha value is -3.26. The Kier molecular flexibility index (Phi) is 7.36. The van der Waals surface area contributed by atoms with Gasteiger partial charge in [-0.25, -0.2) is 4.79 Å². The maximum absolute atomic E-state index is 12.6. The molecule has 164 valence electrons. The third-order valence-corrected chi connectivity index (χ3v) is 5.22. The lowest BCUT2D eigenvalue weighted by Crippen LogP contribution is -2.54. The molecule has 1 atom stereocenters. The number of piperazine rings is 1. The molecule has 1 aliphatic rings. The van der Waals surface area contributed by atoms with E-state index >= 15 is 0 Å². The molecule has 3 N–H and O–H groups in total. The van der Waals surface area contributed by atoms with E-state index in [-0.39, 0.29) is 17.8 Å². The van der Waals surface area contributed by atoms with Gasteiger partial charge in [0.2, 0.25) is 11.8 Å². The van der Waals surface area contributed by atoms with E-state index in [2.05, 4.69) is 20.9 Å². The molecule has 0 aliphatic carbocycles. The van der Waals surface area contributed by atoms with Crippen LogP contribution in [0.3, 0.4) is 0 Å². The number of hydrogen-bond donors (Lipinski definition) is 3. The van der Waals surface area contributed by atoms with Gasteiger partial charge < -0.3 is 25.8 Å². The molecule has 0 spiro atoms. The number of nitrogens with zero attached hydrogens (tertiary/aromatic N) is 2. The molecule has 9 heteroatoms. The number of rotatable bonds is 5. The fourth-order valence-corrected chi connectivity index (χ4v) is 3.38. The zero-order valence-electron chi connectivity index (χ0n) is 17.5. The second-order valence-electron chi connectivity index (χ2n) is 7.37. The first-order valence-electron chi connectivity index (χ1n) is 10.1. The smallest absolute Gasteiger partial charge is 0.318 e. The van der Waals surface area contributed by atoms with E-state index in [0.717, 1.165) is 5.69 Å². The zero-order chi connectivity index (χ0) is 22.4. The van der Waals surface area contributed by atoms with Gasteiger partial charge in [-0.15, -0.1) is 0 Å². The minimum atomic E-state index is -0.697. The van der Waals surface area contributed by atoms with Crippen LogP contribution in [-0.4, -0.2) is 55.0 Å². The molecule has 0 bridgehead atoms. The highest BCUT2D eigenvalue weighted by atomic mass is 35.5. The van der Waals surface area contributed by atoms with Crippen molar-refractivity contribution >= 4 is 46.5 Å². The number of urea groups is 1. The lowest BCUT2D eigenvalue weighted by atomic mass is 10.2. The van der Waals surface area contributed by atoms with Crippen LogP contribution in [0.2, 0.25) is 5.02 Å². The third kappa shape index (κ3) is 6.36. The van der Waals surface area contributed by atoms with Gasteiger partial charge in [0, 0.05) is 55.2 Å². The molecule has 2 aromatic carbocycles. The van der Waals surface area contributed by atoms with Crippen LogP contribution >= 0.6 is 11.6 Å². The first kappa shape index (κ1) is 22.4. The summed E-state index contributed by atoms with van der Waals surface area (Å²) in [4.78, 5) is 40.0. The van der Waals surface area contributed by atoms with Crippen molar-refractivity contribution in [1.29, 1.82) is 0 Å². The van der Waals surface area contributed by atoms with E-state index in [1.807, 2.05) is 24.3 Å². The summed E-state index contributed by atoms with van der Waals surface area (Å²) >= 11 is 5.94. The number of benzene rings is 2. The largest absolute Gasteiger partial charge is 0.368 e. The predicted molar refractivity (Wildman–Crippen MR) is 123 cm³/mol. The summed E-state index contributed by atoms with van der Waals surface area (Å²) in [7, 11) is 0. The average Bonchev–Trinajstić information content (AvgIpc) is 2.75. The average molecular weight is 444 g/mol. The zero-order valence-corrected chi connectivity index (χ0v) is 18.3. The summed E-state index contributed by atoms with van der Waals surface area (Å²) < 4.78 is 0. The normalized spacial score (nSPS) is 14.5. The van der Waals surface area contributed by atoms with Gasteiger partial charge in [0.1, 0.15) is 6.04 Å². The number of halogens is 1. The number of hydrogen-bond acceptors (Lipinski definition) is 4. The SMILES string of the molecule is CC(=O)Nc1ccc(NC(=O)C(C)NC(=O)N2CCN(c3ccc(Cl)cc3)CC2)cc1. The maximum atomic E-state index is 12.6. The van der Waals surface area contributed by atoms with Crippen molar-refractivity contribution in [1.82, 2.24) is 10.2 Å². The molecule has 31 heavy (non-hydrogen) atoms. The molecule has 0 aromatic heterocycles. The topological polar surface area (TPSA) is 93.8 Å². The van der Waals surface area contributed by atoms with Gasteiger partial charge in [-0.3, -0.25) is 9.59 Å². The molecule has 1 heterocycles. The molecule has 0 saturated carbocycles. The molecular weight excluding hydrogens is 418 g/mol. The number of anilines is 3. The van der Waals surface area contributed by atoms with Gasteiger partial charge in [0.25, 0.3) is 0 Å². The van der Waals surface area contributed by atoms with Crippen LogP contribution in [0.15, 0.2) is 48.5 Å². The fraction of sp³-hybridized carbons (Fsp3) is 0.318. The van der Waals surface area contributed by atoms with Crippen molar-refractivity contribution in [2.45, 2.75) is 19.9 Å². The molecule has 1 fully saturated rings. The maximum Gasteiger partial charge on any atom is 0.318 e. The van der Waals surface area contributed by atoms with Crippen LogP contribution in [0.1, 0.15) is 13.8 Å². The summed E-state index contributed by atoms with van der Waals surface area (Å²) in [5.74, 6) is -0.484. The Morgan fingerprint density at radius 1 is 0.871 bits per heavy atom. The molecule has 8 nitrogen and oxygen atoms in total. The van der Waals surface area contributed by atoms with Crippen LogP contribution in [-0.2, 0) is 9.59 Å². The number of nitrogens with one attached hydrogen (secondary N) is 3. The number of amides is 4. The Morgan fingerprint density at radius 2 is 1.42 bits per heavy atom. The Balaban J connectivity index is 1.46. The van der Waals surface area contributed by atoms with Crippen molar-refractivity contribution in [3.8, 4) is 0 Å². The van der Waals surface area contributed by atoms with Gasteiger partial charge in [0.05, 0.1) is 0 Å². The van der Waals surface area contributed by atoms with Crippen LogP contribution in [0.5, 0.6) is 0 Å². The van der Waals surface area contributed by atoms with Crippen LogP contribution in [0.25, 0.3) is 0 Å². The highest BCUT2D eigenvalue weighted by molar-refractivity contribution is 6.30. The van der Waals surface area contributed by atoms with Crippen LogP contribution in [0.4, 0.5) is 21.9 Å². The monoisotopic (exact) mass is 443 g/mol. The second-order valence-corrected chi connectivity index (χ2v) is 7.81. The van der Waals surface area contributed by atoms with Crippen molar-refractivity contribution in [3.63, 3.8) is 0 Å². The molecule has 1 unspecified atom stereocenters. The van der Waals surface area contributed by atoms with E-state index in [1.54, 1.807) is 36.1 Å². The Labute approximate surface area is 186 Å². The fourth-order valence-electron chi connectivity index (χ4n) is 3.25. The molecule has 4 amide bonds. The molecule has 1 saturated heterocycles. The predicted octanol–water partition coefficient (Wildman–Crippen LogP) is 3.16. The summed E-state index contributed by atoms with van der Waals surface area (Å²) in [6, 6.07) is 13.4. The van der Waals surface area contributed by atoms with Crippen LogP contribution < -0.4 is 20.9 Å². The first-order valence-corrected chi connectivity index (χ1v) is 10.4. The van der Waals surface area contributed by atoms with Gasteiger partial charge in [-0.2, -0.15) is 0 Å². The quantitative estimate of drug-likeness (QED) is 0.661. The van der Waals surface area contributed by atoms with Gasteiger partial charge in [-0.05, 0) is 55.5 Å². The summed E-state index contributed by atoms with van der Waals surface area (Å²) in [5, 5.41) is 8.87. The number of carbonyl (C=O) groups is 3. The summed E-state index contributed by atoms with van der Waals surface area (Å²) in [5.41, 5.74) is 2.29. The highest BCUT2D eigenvalue weighted by Gasteiger charge is 2.24. The minimum absolute atomic E-state index is 0.165. The Bertz CT molecular complexity index is 925. The molecule has 0 radical (unpaired) electrons. The van der Waals surface area contributed by atoms with E-state index in [4.69, 9.17) is 11.6 Å². The van der Waals surface area contributed by atoms with E-state index in [1.165, 1.54) is 6.92 Å². The van der Waals surface area contributed by atoms with E-state index in [9.17, 15) is 14.4 Å². The van der Waals surface area contributed by atoms with E-state index in [0.29, 0.717) is 42.6 Å². The second kappa shape index (κ2) is 10.2. The molecular formula is C22H26ClN5O3. The highest BCUT2D eigenvalue weighted by Crippen LogP contribution is 2.19. The van der Waals surface area contributed by atoms with Gasteiger partial charge in [-0.1, -0.05) is 11.6 Å². The minimum Gasteiger partial charge on any atom is -0.368 e. The molecule has 3 rings (SSSR count). The lowest BCUT2D eigenvalue weighted by molar-refractivity contribution is -0.117. The van der Waals surface area contributed by atoms with Crippen molar-refractivity contribution in [2.75, 3.05) is 41.7 Å². The lowest BCUT2D eigenvalue weighted by Gasteiger charge is -2.36. The van der Waals surface area contributed by atoms with Crippen LogP contribution in [0, 0.1) is 0 Å². The van der Waals surface area contributed by atoms with Gasteiger partial charge >= 0.3 is 6.03 Å². The van der Waals surface area contributed by atoms with Crippen molar-refractivity contribution in [2.24, 2.45) is 0 Å². The number of carbonyl (C=O) groups excluding carboxylic acids is 3. The van der Waals surface area contributed by atoms with Gasteiger partial charge in [0.15, 0.2) is 0 Å². The third-order valence-electron chi connectivity index (χ3n) is 4.96. The van der Waals surface area contributed by atoms with Crippen molar-refractivity contribution < 1.29 is 14.4 Å². The molecule has 2 aromatic rings. The van der Waals surface area contributed by atoms with Crippen molar-refractivity contribution in [3.05, 3.63) is 53.6 Å². The summed E-state index contributed by atoms with van der Waals surface area (Å²) in [6.45, 7) is 5.60. The Morgan fingerprint density at radius 3 is 1.97 bits per heavy atom. The summed E-state index contributed by atoms with van der Waals surface area (Å²) in [6.07, 6.45) is 0. The molecule has 1 aliphatic heterocycles. The first-order chi connectivity index (χ1) is 14.8. The standard InChI is InChI=1S/C22H26ClN5O3/c1-15(21(30)26-19-7-5-18(6-8-19)25-16(2)29)24-22(31)28-13-11-27(12-14-28)20-9-3-17(23)4-10-20/h3-10,15H,11-14H2,1-2H3,(H,24,31)(H,25,29)(H,26,30). The van der Waals surface area contributed by atoms with E-state index < -0.39 is 6.04 Å².